The predicted molar refractivity (Wildman–Crippen MR) is 335 cm³/mol. The zero-order valence-corrected chi connectivity index (χ0v) is 51.2. The smallest absolute Gasteiger partial charge is 0.306 e. The van der Waals surface area contributed by atoms with Gasteiger partial charge in [0.05, 0.1) is 0 Å². The van der Waals surface area contributed by atoms with Gasteiger partial charge in [0.2, 0.25) is 0 Å². The van der Waals surface area contributed by atoms with Gasteiger partial charge in [-0.3, -0.25) is 14.4 Å². The molecule has 0 aromatic rings. The van der Waals surface area contributed by atoms with Gasteiger partial charge < -0.3 is 14.2 Å². The van der Waals surface area contributed by atoms with E-state index < -0.39 is 6.10 Å². The first-order valence-electron chi connectivity index (χ1n) is 33.4. The summed E-state index contributed by atoms with van der Waals surface area (Å²) in [7, 11) is 0. The fourth-order valence-electron chi connectivity index (χ4n) is 9.70. The quantitative estimate of drug-likeness (QED) is 0.0261. The normalized spacial score (nSPS) is 12.5. The van der Waals surface area contributed by atoms with E-state index in [-0.39, 0.29) is 31.1 Å². The molecule has 0 heterocycles. The highest BCUT2D eigenvalue weighted by Gasteiger charge is 2.19. The molecular formula is C71H126O6. The molecule has 6 heteroatoms. The summed E-state index contributed by atoms with van der Waals surface area (Å²) in [5.74, 6) is -0.864. The first-order valence-corrected chi connectivity index (χ1v) is 33.4. The van der Waals surface area contributed by atoms with Gasteiger partial charge in [-0.05, 0) is 89.9 Å². The van der Waals surface area contributed by atoms with E-state index in [1.807, 2.05) is 0 Å². The molecule has 0 spiro atoms. The highest BCUT2D eigenvalue weighted by molar-refractivity contribution is 5.71. The number of carbonyl (C=O) groups excluding carboxylic acids is 3. The van der Waals surface area contributed by atoms with Crippen LogP contribution in [0, 0.1) is 0 Å². The Labute approximate surface area is 478 Å². The average molecular weight is 1080 g/mol. The fourth-order valence-corrected chi connectivity index (χ4v) is 9.70. The second kappa shape index (κ2) is 65.4. The summed E-state index contributed by atoms with van der Waals surface area (Å²) in [5.41, 5.74) is 0. The third kappa shape index (κ3) is 63.6. The summed E-state index contributed by atoms with van der Waals surface area (Å²) >= 11 is 0. The van der Waals surface area contributed by atoms with Gasteiger partial charge >= 0.3 is 17.9 Å². The lowest BCUT2D eigenvalue weighted by molar-refractivity contribution is -0.167. The SMILES string of the molecule is CC/C=C\C/C=C\C/C=C\C/C=C\C/C=C\CCCCCCCCCCCCCCCC(=O)OCC(COC(=O)CCCCCCCCC)OC(=O)CCCCCCCCCCCCC/C=C\CCCCCCCCCC. The number of hydrogen-bond acceptors (Lipinski definition) is 6. The van der Waals surface area contributed by atoms with Gasteiger partial charge in [-0.2, -0.15) is 0 Å². The molecule has 0 N–H and O–H groups in total. The molecule has 0 saturated heterocycles. The Kier molecular flexibility index (Phi) is 62.7. The largest absolute Gasteiger partial charge is 0.462 e. The topological polar surface area (TPSA) is 78.9 Å². The molecule has 0 aliphatic rings. The molecule has 0 amide bonds. The van der Waals surface area contributed by atoms with Crippen molar-refractivity contribution in [2.24, 2.45) is 0 Å². The average Bonchev–Trinajstić information content (AvgIpc) is 3.43. The molecule has 0 saturated carbocycles. The molecule has 1 atom stereocenters. The van der Waals surface area contributed by atoms with Crippen molar-refractivity contribution in [2.75, 3.05) is 13.2 Å². The third-order valence-corrected chi connectivity index (χ3v) is 14.7. The van der Waals surface area contributed by atoms with Gasteiger partial charge in [-0.15, -0.1) is 0 Å². The Morgan fingerprint density at radius 3 is 0.805 bits per heavy atom. The third-order valence-electron chi connectivity index (χ3n) is 14.7. The van der Waals surface area contributed by atoms with Crippen LogP contribution in [0.5, 0.6) is 0 Å². The number of ether oxygens (including phenoxy) is 3. The number of rotatable bonds is 61. The van der Waals surface area contributed by atoms with Gasteiger partial charge in [0.15, 0.2) is 6.10 Å². The number of carbonyl (C=O) groups is 3. The number of allylic oxidation sites excluding steroid dienone is 12. The van der Waals surface area contributed by atoms with Crippen molar-refractivity contribution in [2.45, 2.75) is 348 Å². The Balaban J connectivity index is 4.08. The summed E-state index contributed by atoms with van der Waals surface area (Å²) < 4.78 is 16.9. The van der Waals surface area contributed by atoms with Gasteiger partial charge in [-0.25, -0.2) is 0 Å². The maximum Gasteiger partial charge on any atom is 0.306 e. The van der Waals surface area contributed by atoms with E-state index in [2.05, 4.69) is 93.7 Å². The zero-order valence-electron chi connectivity index (χ0n) is 51.2. The summed E-state index contributed by atoms with van der Waals surface area (Å²) in [6.45, 7) is 6.52. The maximum atomic E-state index is 12.9. The van der Waals surface area contributed by atoms with Gasteiger partial charge in [-0.1, -0.05) is 306 Å². The molecule has 0 aliphatic carbocycles. The Morgan fingerprint density at radius 1 is 0.273 bits per heavy atom. The molecule has 6 nitrogen and oxygen atoms in total. The molecule has 77 heavy (non-hydrogen) atoms. The fraction of sp³-hybridized carbons (Fsp3) is 0.789. The van der Waals surface area contributed by atoms with Crippen LogP contribution in [0.2, 0.25) is 0 Å². The summed E-state index contributed by atoms with van der Waals surface area (Å²) in [6, 6.07) is 0. The number of esters is 3. The minimum atomic E-state index is -0.773. The molecule has 0 rings (SSSR count). The number of hydrogen-bond donors (Lipinski definition) is 0. The number of unbranched alkanes of at least 4 members (excludes halogenated alkanes) is 38. The van der Waals surface area contributed by atoms with Crippen molar-refractivity contribution in [1.29, 1.82) is 0 Å². The van der Waals surface area contributed by atoms with Crippen molar-refractivity contribution >= 4 is 17.9 Å². The lowest BCUT2D eigenvalue weighted by atomic mass is 10.0. The Hall–Kier alpha value is -3.15. The zero-order chi connectivity index (χ0) is 55.7. The van der Waals surface area contributed by atoms with E-state index in [0.717, 1.165) is 89.9 Å². The molecule has 0 aromatic carbocycles. The minimum Gasteiger partial charge on any atom is -0.462 e. The van der Waals surface area contributed by atoms with E-state index in [0.29, 0.717) is 19.3 Å². The standard InChI is InChI=1S/C71H126O6/c1-4-7-10-13-16-18-20-22-24-26-28-30-32-33-34-35-36-37-39-40-42-44-46-48-50-52-55-58-61-64-70(73)76-67-68(66-75-69(72)63-60-57-54-15-12-9-6-3)77-71(74)65-62-59-56-53-51-49-47-45-43-41-38-31-29-27-25-23-21-19-17-14-11-8-5-2/h7,10,16,18,22,24,27-30,33-34,68H,4-6,8-9,11-15,17,19-21,23,25-26,31-32,35-67H2,1-3H3/b10-7-,18-16-,24-22-,29-27-,30-28-,34-33-. The molecule has 0 aliphatic heterocycles. The van der Waals surface area contributed by atoms with Crippen LogP contribution in [0.3, 0.4) is 0 Å². The maximum absolute atomic E-state index is 12.9. The molecule has 0 radical (unpaired) electrons. The highest BCUT2D eigenvalue weighted by Crippen LogP contribution is 2.17. The molecule has 0 bridgehead atoms. The Morgan fingerprint density at radius 2 is 0.506 bits per heavy atom. The highest BCUT2D eigenvalue weighted by atomic mass is 16.6. The minimum absolute atomic E-state index is 0.0722. The van der Waals surface area contributed by atoms with Crippen molar-refractivity contribution in [3.8, 4) is 0 Å². The lowest BCUT2D eigenvalue weighted by Crippen LogP contribution is -2.30. The van der Waals surface area contributed by atoms with Crippen LogP contribution in [0.15, 0.2) is 72.9 Å². The predicted octanol–water partition coefficient (Wildman–Crippen LogP) is 22.9. The summed E-state index contributed by atoms with van der Waals surface area (Å²) in [4.78, 5) is 38.1. The van der Waals surface area contributed by atoms with Crippen LogP contribution in [-0.2, 0) is 28.6 Å². The van der Waals surface area contributed by atoms with E-state index in [4.69, 9.17) is 14.2 Å². The van der Waals surface area contributed by atoms with E-state index in [1.165, 1.54) is 212 Å². The molecule has 0 fully saturated rings. The lowest BCUT2D eigenvalue weighted by Gasteiger charge is -2.18. The van der Waals surface area contributed by atoms with Crippen LogP contribution in [-0.4, -0.2) is 37.2 Å². The molecule has 0 aromatic heterocycles. The summed E-state index contributed by atoms with van der Waals surface area (Å²) in [6.07, 6.45) is 85.2. The molecule has 446 valence electrons. The van der Waals surface area contributed by atoms with Crippen LogP contribution in [0.4, 0.5) is 0 Å². The van der Waals surface area contributed by atoms with E-state index >= 15 is 0 Å². The summed E-state index contributed by atoms with van der Waals surface area (Å²) in [5, 5.41) is 0. The van der Waals surface area contributed by atoms with E-state index in [9.17, 15) is 14.4 Å². The van der Waals surface area contributed by atoms with Crippen molar-refractivity contribution < 1.29 is 28.6 Å². The van der Waals surface area contributed by atoms with Crippen molar-refractivity contribution in [3.05, 3.63) is 72.9 Å². The van der Waals surface area contributed by atoms with Crippen LogP contribution in [0.25, 0.3) is 0 Å². The first-order chi connectivity index (χ1) is 38.0. The van der Waals surface area contributed by atoms with Crippen molar-refractivity contribution in [1.82, 2.24) is 0 Å². The van der Waals surface area contributed by atoms with Gasteiger partial charge in [0.1, 0.15) is 13.2 Å². The van der Waals surface area contributed by atoms with Crippen LogP contribution in [0.1, 0.15) is 342 Å². The second-order valence-corrected chi connectivity index (χ2v) is 22.4. The van der Waals surface area contributed by atoms with Crippen LogP contribution >= 0.6 is 0 Å². The van der Waals surface area contributed by atoms with Crippen molar-refractivity contribution in [3.63, 3.8) is 0 Å². The van der Waals surface area contributed by atoms with Crippen LogP contribution < -0.4 is 0 Å². The molecular weight excluding hydrogens is 949 g/mol. The monoisotopic (exact) mass is 1070 g/mol. The Bertz CT molecular complexity index is 1420. The van der Waals surface area contributed by atoms with Gasteiger partial charge in [0.25, 0.3) is 0 Å². The first kappa shape index (κ1) is 73.8. The molecule has 1 unspecified atom stereocenters. The second-order valence-electron chi connectivity index (χ2n) is 22.4. The van der Waals surface area contributed by atoms with Gasteiger partial charge in [0, 0.05) is 19.3 Å². The van der Waals surface area contributed by atoms with E-state index in [1.54, 1.807) is 0 Å².